The standard InChI is InChI=1S/C16H19ClN2O2S/c1-21-15(20)11-4-5-12(17)14(8-11)19-16(22)18-13-7-9-2-3-10(13)6-9/h4-5,8-10,13H,2-3,6-7H2,1H3,(H2,18,19,22)/t9-,10+,13+/m0/s1. The molecule has 0 unspecified atom stereocenters. The maximum absolute atomic E-state index is 11.6. The lowest BCUT2D eigenvalue weighted by Gasteiger charge is -2.24. The van der Waals surface area contributed by atoms with Gasteiger partial charge in [-0.2, -0.15) is 0 Å². The number of carbonyl (C=O) groups is 1. The minimum Gasteiger partial charge on any atom is -0.465 e. The van der Waals surface area contributed by atoms with Crippen molar-refractivity contribution in [1.82, 2.24) is 5.32 Å². The average Bonchev–Trinajstić information content (AvgIpc) is 3.11. The van der Waals surface area contributed by atoms with Crippen molar-refractivity contribution in [3.05, 3.63) is 28.8 Å². The van der Waals surface area contributed by atoms with Gasteiger partial charge in [0, 0.05) is 6.04 Å². The van der Waals surface area contributed by atoms with E-state index in [0.29, 0.717) is 27.4 Å². The second kappa shape index (κ2) is 6.42. The number of esters is 1. The second-order valence-electron chi connectivity index (χ2n) is 6.07. The summed E-state index contributed by atoms with van der Waals surface area (Å²) in [7, 11) is 1.35. The van der Waals surface area contributed by atoms with Gasteiger partial charge in [-0.1, -0.05) is 18.0 Å². The zero-order valence-electron chi connectivity index (χ0n) is 12.4. The first kappa shape index (κ1) is 15.6. The quantitative estimate of drug-likeness (QED) is 0.651. The molecule has 0 radical (unpaired) electrons. The third-order valence-electron chi connectivity index (χ3n) is 4.69. The van der Waals surface area contributed by atoms with Crippen molar-refractivity contribution in [1.29, 1.82) is 0 Å². The number of rotatable bonds is 3. The summed E-state index contributed by atoms with van der Waals surface area (Å²) in [6.07, 6.45) is 5.17. The highest BCUT2D eigenvalue weighted by Gasteiger charge is 2.39. The van der Waals surface area contributed by atoms with E-state index in [1.165, 1.54) is 32.8 Å². The van der Waals surface area contributed by atoms with Crippen molar-refractivity contribution in [2.24, 2.45) is 11.8 Å². The van der Waals surface area contributed by atoms with Gasteiger partial charge in [0.25, 0.3) is 0 Å². The molecule has 2 fully saturated rings. The minimum atomic E-state index is -0.397. The number of carbonyl (C=O) groups excluding carboxylic acids is 1. The van der Waals surface area contributed by atoms with Crippen molar-refractivity contribution < 1.29 is 9.53 Å². The number of hydrogen-bond donors (Lipinski definition) is 2. The number of benzene rings is 1. The van der Waals surface area contributed by atoms with Gasteiger partial charge in [-0.25, -0.2) is 4.79 Å². The highest BCUT2D eigenvalue weighted by molar-refractivity contribution is 7.80. The Morgan fingerprint density at radius 2 is 2.18 bits per heavy atom. The van der Waals surface area contributed by atoms with E-state index in [-0.39, 0.29) is 0 Å². The van der Waals surface area contributed by atoms with Crippen LogP contribution in [0.4, 0.5) is 5.69 Å². The third-order valence-corrected chi connectivity index (χ3v) is 5.24. The zero-order valence-corrected chi connectivity index (χ0v) is 14.0. The number of nitrogens with one attached hydrogen (secondary N) is 2. The van der Waals surface area contributed by atoms with Crippen LogP contribution in [0.3, 0.4) is 0 Å². The lowest BCUT2D eigenvalue weighted by atomic mass is 9.96. The normalized spacial score (nSPS) is 25.8. The van der Waals surface area contributed by atoms with Crippen LogP contribution in [0, 0.1) is 11.8 Å². The monoisotopic (exact) mass is 338 g/mol. The first-order chi connectivity index (χ1) is 10.6. The number of fused-ring (bicyclic) bond motifs is 2. The topological polar surface area (TPSA) is 50.4 Å². The van der Waals surface area contributed by atoms with E-state index in [1.807, 2.05) is 0 Å². The number of methoxy groups -OCH3 is 1. The summed E-state index contributed by atoms with van der Waals surface area (Å²) >= 11 is 11.6. The molecule has 2 aliphatic carbocycles. The summed E-state index contributed by atoms with van der Waals surface area (Å²) in [5.74, 6) is 1.20. The number of halogens is 1. The van der Waals surface area contributed by atoms with Crippen LogP contribution in [0.1, 0.15) is 36.0 Å². The molecule has 0 aliphatic heterocycles. The van der Waals surface area contributed by atoms with Gasteiger partial charge in [0.15, 0.2) is 5.11 Å². The molecule has 2 N–H and O–H groups in total. The van der Waals surface area contributed by atoms with E-state index in [1.54, 1.807) is 18.2 Å². The van der Waals surface area contributed by atoms with Crippen molar-refractivity contribution in [2.75, 3.05) is 12.4 Å². The van der Waals surface area contributed by atoms with Crippen LogP contribution in [0.5, 0.6) is 0 Å². The predicted molar refractivity (Wildman–Crippen MR) is 91.4 cm³/mol. The Kier molecular flexibility index (Phi) is 4.54. The summed E-state index contributed by atoms with van der Waals surface area (Å²) in [5.41, 5.74) is 1.06. The molecule has 4 nitrogen and oxygen atoms in total. The third kappa shape index (κ3) is 3.20. The zero-order chi connectivity index (χ0) is 15.7. The van der Waals surface area contributed by atoms with Gasteiger partial charge in [-0.3, -0.25) is 0 Å². The molecule has 1 aromatic rings. The van der Waals surface area contributed by atoms with E-state index in [0.717, 1.165) is 11.8 Å². The molecule has 118 valence electrons. The average molecular weight is 339 g/mol. The summed E-state index contributed by atoms with van der Waals surface area (Å²) < 4.78 is 4.72. The summed E-state index contributed by atoms with van der Waals surface area (Å²) in [6.45, 7) is 0. The molecule has 3 atom stereocenters. The smallest absolute Gasteiger partial charge is 0.337 e. The molecule has 3 rings (SSSR count). The molecule has 0 heterocycles. The van der Waals surface area contributed by atoms with Crippen LogP contribution in [0.25, 0.3) is 0 Å². The number of hydrogen-bond acceptors (Lipinski definition) is 3. The highest BCUT2D eigenvalue weighted by Crippen LogP contribution is 2.44. The first-order valence-corrected chi connectivity index (χ1v) is 8.31. The maximum atomic E-state index is 11.6. The number of thiocarbonyl (C=S) groups is 1. The van der Waals surface area contributed by atoms with Gasteiger partial charge in [0.05, 0.1) is 23.4 Å². The van der Waals surface area contributed by atoms with Crippen LogP contribution in [0.15, 0.2) is 18.2 Å². The van der Waals surface area contributed by atoms with Gasteiger partial charge in [0.1, 0.15) is 0 Å². The predicted octanol–water partition coefficient (Wildman–Crippen LogP) is 3.60. The fourth-order valence-corrected chi connectivity index (χ4v) is 4.04. The molecule has 2 bridgehead atoms. The van der Waals surface area contributed by atoms with Gasteiger partial charge >= 0.3 is 5.97 Å². The minimum absolute atomic E-state index is 0.397. The lowest BCUT2D eigenvalue weighted by Crippen LogP contribution is -2.40. The number of anilines is 1. The molecule has 6 heteroatoms. The van der Waals surface area contributed by atoms with Gasteiger partial charge < -0.3 is 15.4 Å². The van der Waals surface area contributed by atoms with Gasteiger partial charge in [-0.05, 0) is 61.5 Å². The van der Waals surface area contributed by atoms with Gasteiger partial charge in [-0.15, -0.1) is 0 Å². The van der Waals surface area contributed by atoms with Crippen LogP contribution in [0.2, 0.25) is 5.02 Å². The SMILES string of the molecule is COC(=O)c1ccc(Cl)c(NC(=S)N[C@@H]2C[C@H]3CC[C@@H]2C3)c1. The Balaban J connectivity index is 1.64. The molecule has 2 aliphatic rings. The van der Waals surface area contributed by atoms with Crippen LogP contribution >= 0.6 is 23.8 Å². The molecule has 0 spiro atoms. The molecule has 0 aromatic heterocycles. The fourth-order valence-electron chi connectivity index (χ4n) is 3.61. The molecule has 0 saturated heterocycles. The Bertz CT molecular complexity index is 608. The first-order valence-electron chi connectivity index (χ1n) is 7.52. The molecular weight excluding hydrogens is 320 g/mol. The summed E-state index contributed by atoms with van der Waals surface area (Å²) in [6, 6.07) is 5.41. The van der Waals surface area contributed by atoms with Crippen LogP contribution in [-0.4, -0.2) is 24.2 Å². The fraction of sp³-hybridized carbons (Fsp3) is 0.500. The summed E-state index contributed by atoms with van der Waals surface area (Å²) in [4.78, 5) is 11.6. The van der Waals surface area contributed by atoms with Crippen molar-refractivity contribution in [3.8, 4) is 0 Å². The highest BCUT2D eigenvalue weighted by atomic mass is 35.5. The lowest BCUT2D eigenvalue weighted by molar-refractivity contribution is 0.0601. The van der Waals surface area contributed by atoms with E-state index < -0.39 is 5.97 Å². The Hall–Kier alpha value is -1.33. The second-order valence-corrected chi connectivity index (χ2v) is 6.88. The molecule has 0 amide bonds. The van der Waals surface area contributed by atoms with E-state index >= 15 is 0 Å². The van der Waals surface area contributed by atoms with Crippen molar-refractivity contribution in [3.63, 3.8) is 0 Å². The largest absolute Gasteiger partial charge is 0.465 e. The summed E-state index contributed by atoms with van der Waals surface area (Å²) in [5, 5.41) is 7.57. The van der Waals surface area contributed by atoms with E-state index in [2.05, 4.69) is 10.6 Å². The van der Waals surface area contributed by atoms with Crippen LogP contribution in [-0.2, 0) is 4.74 Å². The molecule has 1 aromatic carbocycles. The Morgan fingerprint density at radius 3 is 2.82 bits per heavy atom. The van der Waals surface area contributed by atoms with E-state index in [4.69, 9.17) is 28.6 Å². The number of ether oxygens (including phenoxy) is 1. The Labute approximate surface area is 140 Å². The van der Waals surface area contributed by atoms with E-state index in [9.17, 15) is 4.79 Å². The van der Waals surface area contributed by atoms with Crippen molar-refractivity contribution in [2.45, 2.75) is 31.7 Å². The Morgan fingerprint density at radius 1 is 1.36 bits per heavy atom. The maximum Gasteiger partial charge on any atom is 0.337 e. The van der Waals surface area contributed by atoms with Gasteiger partial charge in [0.2, 0.25) is 0 Å². The van der Waals surface area contributed by atoms with Crippen LogP contribution < -0.4 is 10.6 Å². The molecule has 22 heavy (non-hydrogen) atoms. The van der Waals surface area contributed by atoms with Crippen molar-refractivity contribution >= 4 is 40.6 Å². The molecular formula is C16H19ClN2O2S. The molecule has 2 saturated carbocycles.